The number of methoxy groups -OCH3 is 1. The summed E-state index contributed by atoms with van der Waals surface area (Å²) in [5.41, 5.74) is 1.35. The molecule has 3 aromatic carbocycles. The second-order valence-electron chi connectivity index (χ2n) is 7.28. The second-order valence-corrected chi connectivity index (χ2v) is 11.1. The van der Waals surface area contributed by atoms with Gasteiger partial charge in [0, 0.05) is 5.02 Å². The van der Waals surface area contributed by atoms with Crippen molar-refractivity contribution in [3.63, 3.8) is 0 Å². The molecule has 3 aromatic rings. The number of nitrogens with zero attached hydrogens (tertiary/aromatic N) is 1. The maximum Gasteiger partial charge on any atom is 0.339 e. The van der Waals surface area contributed by atoms with Gasteiger partial charge in [-0.1, -0.05) is 41.9 Å². The van der Waals surface area contributed by atoms with E-state index in [0.717, 1.165) is 17.3 Å². The van der Waals surface area contributed by atoms with E-state index < -0.39 is 16.0 Å². The molecule has 0 N–H and O–H groups in total. The highest BCUT2D eigenvalue weighted by Crippen LogP contribution is 2.40. The molecule has 4 rings (SSSR count). The molecule has 0 aliphatic carbocycles. The highest BCUT2D eigenvalue weighted by Gasteiger charge is 2.35. The molecule has 0 aromatic heterocycles. The van der Waals surface area contributed by atoms with E-state index in [9.17, 15) is 18.0 Å². The van der Waals surface area contributed by atoms with Crippen LogP contribution in [0.3, 0.4) is 0 Å². The van der Waals surface area contributed by atoms with E-state index in [2.05, 4.69) is 15.9 Å². The average Bonchev–Trinajstić information content (AvgIpc) is 3.08. The van der Waals surface area contributed by atoms with E-state index >= 15 is 0 Å². The minimum Gasteiger partial charge on any atom is -0.493 e. The molecular weight excluding hydrogens is 578 g/mol. The smallest absolute Gasteiger partial charge is 0.339 e. The molecule has 1 saturated heterocycles. The van der Waals surface area contributed by atoms with Gasteiger partial charge in [0.1, 0.15) is 4.90 Å². The summed E-state index contributed by atoms with van der Waals surface area (Å²) in [5, 5.41) is 0.0189. The fourth-order valence-corrected chi connectivity index (χ4v) is 5.79. The van der Waals surface area contributed by atoms with Gasteiger partial charge in [-0.15, -0.1) is 0 Å². The summed E-state index contributed by atoms with van der Waals surface area (Å²) in [6.07, 6.45) is 1.54. The van der Waals surface area contributed by atoms with E-state index in [1.165, 1.54) is 42.3 Å². The summed E-state index contributed by atoms with van der Waals surface area (Å²) in [5.74, 6) is -0.354. The molecule has 180 valence electrons. The summed E-state index contributed by atoms with van der Waals surface area (Å²) in [6.45, 7) is 0.172. The van der Waals surface area contributed by atoms with Crippen molar-refractivity contribution in [2.45, 2.75) is 11.4 Å². The zero-order valence-corrected chi connectivity index (χ0v) is 22.1. The topological polar surface area (TPSA) is 90.0 Å². The predicted octanol–water partition coefficient (Wildman–Crippen LogP) is 6.12. The molecule has 0 unspecified atom stereocenters. The maximum absolute atomic E-state index is 12.9. The second kappa shape index (κ2) is 10.4. The van der Waals surface area contributed by atoms with Crippen LogP contribution in [0, 0.1) is 0 Å². The number of imide groups is 1. The number of rotatable bonds is 7. The Morgan fingerprint density at radius 2 is 1.74 bits per heavy atom. The Kier molecular flexibility index (Phi) is 7.56. The summed E-state index contributed by atoms with van der Waals surface area (Å²) >= 11 is 9.98. The first kappa shape index (κ1) is 25.3. The van der Waals surface area contributed by atoms with Crippen LogP contribution in [0.15, 0.2) is 81.0 Å². The van der Waals surface area contributed by atoms with Gasteiger partial charge in [0.15, 0.2) is 11.5 Å². The fourth-order valence-electron chi connectivity index (χ4n) is 3.22. The number of ether oxygens (including phenoxy) is 1. The molecule has 1 aliphatic rings. The van der Waals surface area contributed by atoms with Gasteiger partial charge in [-0.3, -0.25) is 14.5 Å². The third-order valence-electron chi connectivity index (χ3n) is 4.90. The normalized spacial score (nSPS) is 15.1. The van der Waals surface area contributed by atoms with Crippen molar-refractivity contribution in [3.8, 4) is 11.5 Å². The van der Waals surface area contributed by atoms with E-state index in [1.807, 2.05) is 30.3 Å². The third kappa shape index (κ3) is 5.72. The number of benzene rings is 3. The Hall–Kier alpha value is -2.79. The van der Waals surface area contributed by atoms with Gasteiger partial charge >= 0.3 is 10.1 Å². The van der Waals surface area contributed by atoms with Crippen molar-refractivity contribution < 1.29 is 26.9 Å². The maximum atomic E-state index is 12.9. The molecule has 35 heavy (non-hydrogen) atoms. The van der Waals surface area contributed by atoms with Crippen molar-refractivity contribution in [2.75, 3.05) is 7.11 Å². The van der Waals surface area contributed by atoms with Crippen molar-refractivity contribution in [2.24, 2.45) is 0 Å². The van der Waals surface area contributed by atoms with Crippen molar-refractivity contribution >= 4 is 66.6 Å². The molecule has 0 saturated carbocycles. The van der Waals surface area contributed by atoms with Crippen molar-refractivity contribution in [3.05, 3.63) is 92.3 Å². The Labute approximate surface area is 219 Å². The molecule has 11 heteroatoms. The molecule has 0 radical (unpaired) electrons. The van der Waals surface area contributed by atoms with Gasteiger partial charge < -0.3 is 8.92 Å². The quantitative estimate of drug-likeness (QED) is 0.241. The number of hydrogen-bond donors (Lipinski definition) is 0. The van der Waals surface area contributed by atoms with E-state index in [1.54, 1.807) is 12.1 Å². The molecule has 2 amide bonds. The van der Waals surface area contributed by atoms with Crippen LogP contribution in [0.4, 0.5) is 4.79 Å². The lowest BCUT2D eigenvalue weighted by molar-refractivity contribution is -0.123. The first-order valence-corrected chi connectivity index (χ1v) is 13.4. The Bertz CT molecular complexity index is 1430. The van der Waals surface area contributed by atoms with Crippen LogP contribution in [-0.4, -0.2) is 31.6 Å². The minimum atomic E-state index is -4.17. The SMILES string of the molecule is COc1cc(/C=C2\SC(=O)N(Cc3ccccc3)C2=O)cc(Br)c1OS(=O)(=O)c1ccc(Cl)cc1. The molecular formula is C24H17BrClNO6S2. The van der Waals surface area contributed by atoms with Crippen molar-refractivity contribution in [1.29, 1.82) is 0 Å². The number of carbonyl (C=O) groups excluding carboxylic acids is 2. The highest BCUT2D eigenvalue weighted by atomic mass is 79.9. The summed E-state index contributed by atoms with van der Waals surface area (Å²) in [6, 6.07) is 17.8. The van der Waals surface area contributed by atoms with Crippen LogP contribution in [-0.2, 0) is 21.5 Å². The van der Waals surface area contributed by atoms with Gasteiger partial charge in [0.25, 0.3) is 11.1 Å². The van der Waals surface area contributed by atoms with Crippen LogP contribution in [0.25, 0.3) is 6.08 Å². The van der Waals surface area contributed by atoms with E-state index in [-0.39, 0.29) is 37.6 Å². The van der Waals surface area contributed by atoms with Crippen LogP contribution in [0.1, 0.15) is 11.1 Å². The van der Waals surface area contributed by atoms with Crippen LogP contribution in [0.2, 0.25) is 5.02 Å². The van der Waals surface area contributed by atoms with E-state index in [0.29, 0.717) is 10.6 Å². The summed E-state index contributed by atoms with van der Waals surface area (Å²) in [7, 11) is -2.80. The lowest BCUT2D eigenvalue weighted by Gasteiger charge is -2.14. The summed E-state index contributed by atoms with van der Waals surface area (Å²) in [4.78, 5) is 26.6. The molecule has 1 heterocycles. The Morgan fingerprint density at radius 1 is 1.06 bits per heavy atom. The first-order valence-electron chi connectivity index (χ1n) is 10.0. The average molecular weight is 595 g/mol. The largest absolute Gasteiger partial charge is 0.493 e. The molecule has 1 fully saturated rings. The molecule has 0 bridgehead atoms. The standard InChI is InChI=1S/C24H17BrClNO6S2/c1-32-20-12-16(11-19(25)22(20)33-35(30,31)18-9-7-17(26)8-10-18)13-21-23(28)27(24(29)34-21)14-15-5-3-2-4-6-15/h2-13H,14H2,1H3/b21-13-. The molecule has 7 nitrogen and oxygen atoms in total. The molecule has 1 aliphatic heterocycles. The lowest BCUT2D eigenvalue weighted by Crippen LogP contribution is -2.27. The van der Waals surface area contributed by atoms with Gasteiger partial charge in [-0.25, -0.2) is 0 Å². The minimum absolute atomic E-state index is 0.0585. The van der Waals surface area contributed by atoms with Crippen LogP contribution >= 0.6 is 39.3 Å². The number of thioether (sulfide) groups is 1. The number of carbonyl (C=O) groups is 2. The first-order chi connectivity index (χ1) is 16.7. The molecule has 0 atom stereocenters. The Morgan fingerprint density at radius 3 is 2.40 bits per heavy atom. The summed E-state index contributed by atoms with van der Waals surface area (Å²) < 4.78 is 36.4. The fraction of sp³-hybridized carbons (Fsp3) is 0.0833. The van der Waals surface area contributed by atoms with Gasteiger partial charge in [0.2, 0.25) is 0 Å². The predicted molar refractivity (Wildman–Crippen MR) is 138 cm³/mol. The van der Waals surface area contributed by atoms with Gasteiger partial charge in [0.05, 0.1) is 23.0 Å². The van der Waals surface area contributed by atoms with Gasteiger partial charge in [-0.05, 0) is 81.3 Å². The zero-order chi connectivity index (χ0) is 25.2. The highest BCUT2D eigenvalue weighted by molar-refractivity contribution is 9.10. The number of hydrogen-bond acceptors (Lipinski definition) is 7. The third-order valence-corrected chi connectivity index (χ3v) is 7.89. The number of halogens is 2. The number of amides is 2. The van der Waals surface area contributed by atoms with Crippen LogP contribution in [0.5, 0.6) is 11.5 Å². The lowest BCUT2D eigenvalue weighted by atomic mass is 10.1. The van der Waals surface area contributed by atoms with Crippen molar-refractivity contribution in [1.82, 2.24) is 4.90 Å². The van der Waals surface area contributed by atoms with Gasteiger partial charge in [-0.2, -0.15) is 8.42 Å². The Balaban J connectivity index is 1.60. The van der Waals surface area contributed by atoms with E-state index in [4.69, 9.17) is 20.5 Å². The van der Waals surface area contributed by atoms with Crippen LogP contribution < -0.4 is 8.92 Å². The molecule has 0 spiro atoms. The zero-order valence-electron chi connectivity index (χ0n) is 18.1. The monoisotopic (exact) mass is 593 g/mol.